The van der Waals surface area contributed by atoms with Crippen LogP contribution in [0, 0.1) is 0 Å². The first-order valence-corrected chi connectivity index (χ1v) is 6.34. The molecule has 0 radical (unpaired) electrons. The van der Waals surface area contributed by atoms with Crippen LogP contribution in [0.2, 0.25) is 0 Å². The van der Waals surface area contributed by atoms with Gasteiger partial charge in [0.2, 0.25) is 0 Å². The van der Waals surface area contributed by atoms with Gasteiger partial charge in [0.15, 0.2) is 0 Å². The number of alkyl halides is 1. The van der Waals surface area contributed by atoms with Gasteiger partial charge in [0, 0.05) is 18.5 Å². The maximum Gasteiger partial charge on any atom is 0.148 e. The van der Waals surface area contributed by atoms with Crippen LogP contribution in [-0.4, -0.2) is 37.0 Å². The first-order valence-electron chi connectivity index (χ1n) is 5.81. The highest BCUT2D eigenvalue weighted by Crippen LogP contribution is 2.28. The maximum atomic E-state index is 11.1. The van der Waals surface area contributed by atoms with Crippen LogP contribution in [-0.2, 0) is 4.79 Å². The molecule has 0 spiro atoms. The van der Waals surface area contributed by atoms with Crippen molar-refractivity contribution < 1.29 is 9.53 Å². The Kier molecular flexibility index (Phi) is 4.20. The molecule has 1 aliphatic heterocycles. The Morgan fingerprint density at radius 2 is 2.39 bits per heavy atom. The number of hydrazone groups is 1. The first-order chi connectivity index (χ1) is 8.76. The highest BCUT2D eigenvalue weighted by atomic mass is 35.5. The molecule has 96 valence electrons. The van der Waals surface area contributed by atoms with E-state index in [1.807, 2.05) is 18.2 Å². The second-order valence-electron chi connectivity index (χ2n) is 4.08. The number of aldehydes is 1. The summed E-state index contributed by atoms with van der Waals surface area (Å²) in [7, 11) is 1.78. The molecule has 1 aromatic carbocycles. The number of hydrogen-bond acceptors (Lipinski definition) is 4. The summed E-state index contributed by atoms with van der Waals surface area (Å²) in [5.41, 5.74) is 1.88. The topological polar surface area (TPSA) is 41.9 Å². The van der Waals surface area contributed by atoms with E-state index in [9.17, 15) is 4.79 Å². The predicted octanol–water partition coefficient (Wildman–Crippen LogP) is 2.21. The van der Waals surface area contributed by atoms with Gasteiger partial charge in [0.1, 0.15) is 18.1 Å². The fourth-order valence-corrected chi connectivity index (χ4v) is 1.96. The standard InChI is InChI=1S/C13H15ClN2O2/c1-16-13(9-17)12-7-11(18-6-2-5-14)4-3-10(12)8-15-16/h3-4,7-9,13H,2,5-6H2,1H3. The number of halogens is 1. The zero-order chi connectivity index (χ0) is 13.0. The molecule has 0 saturated heterocycles. The van der Waals surface area contributed by atoms with Gasteiger partial charge in [0.05, 0.1) is 12.8 Å². The number of ether oxygens (including phenoxy) is 1. The summed E-state index contributed by atoms with van der Waals surface area (Å²) < 4.78 is 5.58. The van der Waals surface area contributed by atoms with Gasteiger partial charge in [-0.15, -0.1) is 11.6 Å². The average Bonchev–Trinajstić information content (AvgIpc) is 2.39. The summed E-state index contributed by atoms with van der Waals surface area (Å²) in [6.07, 6.45) is 3.44. The molecule has 1 unspecified atom stereocenters. The third-order valence-corrected chi connectivity index (χ3v) is 3.10. The molecule has 0 aromatic heterocycles. The molecular formula is C13H15ClN2O2. The molecule has 18 heavy (non-hydrogen) atoms. The van der Waals surface area contributed by atoms with Gasteiger partial charge in [0.25, 0.3) is 0 Å². The zero-order valence-electron chi connectivity index (χ0n) is 10.2. The van der Waals surface area contributed by atoms with Gasteiger partial charge in [-0.05, 0) is 30.2 Å². The summed E-state index contributed by atoms with van der Waals surface area (Å²) >= 11 is 5.60. The molecule has 1 heterocycles. The quantitative estimate of drug-likeness (QED) is 0.466. The number of benzene rings is 1. The molecule has 5 heteroatoms. The number of rotatable bonds is 5. The Balaban J connectivity index is 2.21. The van der Waals surface area contributed by atoms with Gasteiger partial charge in [-0.25, -0.2) is 0 Å². The lowest BCUT2D eigenvalue weighted by Gasteiger charge is -2.26. The van der Waals surface area contributed by atoms with E-state index in [-0.39, 0.29) is 6.04 Å². The minimum Gasteiger partial charge on any atom is -0.494 e. The number of fused-ring (bicyclic) bond motifs is 1. The van der Waals surface area contributed by atoms with Gasteiger partial charge < -0.3 is 9.53 Å². The lowest BCUT2D eigenvalue weighted by molar-refractivity contribution is -0.112. The lowest BCUT2D eigenvalue weighted by Crippen LogP contribution is -2.25. The summed E-state index contributed by atoms with van der Waals surface area (Å²) in [5.74, 6) is 1.34. The van der Waals surface area contributed by atoms with Crippen molar-refractivity contribution in [3.05, 3.63) is 29.3 Å². The summed E-state index contributed by atoms with van der Waals surface area (Å²) in [6, 6.07) is 5.34. The molecule has 4 nitrogen and oxygen atoms in total. The summed E-state index contributed by atoms with van der Waals surface area (Å²) in [4.78, 5) is 11.1. The van der Waals surface area contributed by atoms with Gasteiger partial charge in [-0.2, -0.15) is 5.10 Å². The average molecular weight is 267 g/mol. The minimum absolute atomic E-state index is 0.346. The summed E-state index contributed by atoms with van der Waals surface area (Å²) in [5, 5.41) is 5.78. The first kappa shape index (κ1) is 12.9. The van der Waals surface area contributed by atoms with Crippen molar-refractivity contribution in [1.82, 2.24) is 5.01 Å². The van der Waals surface area contributed by atoms with Crippen LogP contribution in [0.25, 0.3) is 0 Å². The van der Waals surface area contributed by atoms with Crippen molar-refractivity contribution in [2.24, 2.45) is 5.10 Å². The van der Waals surface area contributed by atoms with E-state index >= 15 is 0 Å². The van der Waals surface area contributed by atoms with Crippen molar-refractivity contribution in [1.29, 1.82) is 0 Å². The van der Waals surface area contributed by atoms with Crippen LogP contribution in [0.1, 0.15) is 23.6 Å². The van der Waals surface area contributed by atoms with Crippen molar-refractivity contribution in [3.8, 4) is 5.75 Å². The van der Waals surface area contributed by atoms with Gasteiger partial charge >= 0.3 is 0 Å². The molecule has 2 rings (SSSR count). The Morgan fingerprint density at radius 3 is 3.11 bits per heavy atom. The molecule has 0 fully saturated rings. The van der Waals surface area contributed by atoms with Crippen LogP contribution in [0.4, 0.5) is 0 Å². The molecular weight excluding hydrogens is 252 g/mol. The maximum absolute atomic E-state index is 11.1. The highest BCUT2D eigenvalue weighted by molar-refractivity contribution is 6.17. The fourth-order valence-electron chi connectivity index (χ4n) is 1.85. The van der Waals surface area contributed by atoms with Crippen LogP contribution in [0.15, 0.2) is 23.3 Å². The smallest absolute Gasteiger partial charge is 0.148 e. The SMILES string of the molecule is CN1N=Cc2ccc(OCCCCl)cc2C1C=O. The van der Waals surface area contributed by atoms with E-state index in [2.05, 4.69) is 5.10 Å². The molecule has 1 aliphatic rings. The van der Waals surface area contributed by atoms with E-state index in [4.69, 9.17) is 16.3 Å². The number of carbonyl (C=O) groups is 1. The Labute approximate surface area is 111 Å². The highest BCUT2D eigenvalue weighted by Gasteiger charge is 2.21. The van der Waals surface area contributed by atoms with E-state index in [0.29, 0.717) is 12.5 Å². The van der Waals surface area contributed by atoms with Crippen molar-refractivity contribution in [3.63, 3.8) is 0 Å². The van der Waals surface area contributed by atoms with Crippen molar-refractivity contribution in [2.75, 3.05) is 19.5 Å². The number of nitrogens with zero attached hydrogens (tertiary/aromatic N) is 2. The molecule has 0 aliphatic carbocycles. The van der Waals surface area contributed by atoms with Crippen molar-refractivity contribution in [2.45, 2.75) is 12.5 Å². The van der Waals surface area contributed by atoms with E-state index in [1.54, 1.807) is 18.3 Å². The molecule has 1 aromatic rings. The van der Waals surface area contributed by atoms with Gasteiger partial charge in [-0.1, -0.05) is 0 Å². The van der Waals surface area contributed by atoms with E-state index in [1.165, 1.54) is 0 Å². The Morgan fingerprint density at radius 1 is 1.56 bits per heavy atom. The van der Waals surface area contributed by atoms with Crippen molar-refractivity contribution >= 4 is 24.1 Å². The Bertz CT molecular complexity index is 462. The monoisotopic (exact) mass is 266 g/mol. The minimum atomic E-state index is -0.346. The predicted molar refractivity (Wildman–Crippen MR) is 71.4 cm³/mol. The van der Waals surface area contributed by atoms with Crippen LogP contribution in [0.3, 0.4) is 0 Å². The normalized spacial score (nSPS) is 17.4. The van der Waals surface area contributed by atoms with E-state index < -0.39 is 0 Å². The Hall–Kier alpha value is -1.55. The largest absolute Gasteiger partial charge is 0.494 e. The number of carbonyl (C=O) groups excluding carboxylic acids is 1. The van der Waals surface area contributed by atoms with E-state index in [0.717, 1.165) is 29.6 Å². The molecule has 0 bridgehead atoms. The zero-order valence-corrected chi connectivity index (χ0v) is 10.9. The fraction of sp³-hybridized carbons (Fsp3) is 0.385. The lowest BCUT2D eigenvalue weighted by atomic mass is 10.00. The van der Waals surface area contributed by atoms with Crippen LogP contribution < -0.4 is 4.74 Å². The molecule has 0 N–H and O–H groups in total. The second-order valence-corrected chi connectivity index (χ2v) is 4.46. The van der Waals surface area contributed by atoms with Gasteiger partial charge in [-0.3, -0.25) is 5.01 Å². The summed E-state index contributed by atoms with van der Waals surface area (Å²) in [6.45, 7) is 0.581. The third kappa shape index (κ3) is 2.64. The van der Waals surface area contributed by atoms with Crippen LogP contribution >= 0.6 is 11.6 Å². The number of hydrogen-bond donors (Lipinski definition) is 0. The molecule has 0 amide bonds. The molecule has 0 saturated carbocycles. The van der Waals surface area contributed by atoms with Crippen LogP contribution in [0.5, 0.6) is 5.75 Å². The number of likely N-dealkylation sites (N-methyl/N-ethyl adjacent to an activating group) is 1. The third-order valence-electron chi connectivity index (χ3n) is 2.83. The second kappa shape index (κ2) is 5.87. The molecule has 1 atom stereocenters.